The van der Waals surface area contributed by atoms with Crippen molar-refractivity contribution >= 4 is 0 Å². The van der Waals surface area contributed by atoms with Gasteiger partial charge in [0.25, 0.3) is 0 Å². The van der Waals surface area contributed by atoms with Crippen molar-refractivity contribution in [3.8, 4) is 0 Å². The molecule has 1 aliphatic heterocycles. The molecule has 0 aromatic carbocycles. The summed E-state index contributed by atoms with van der Waals surface area (Å²) in [5.41, 5.74) is 0. The maximum atomic E-state index is 2.59. The Labute approximate surface area is 75.5 Å². The highest BCUT2D eigenvalue weighted by atomic mass is 19.0. The smallest absolute Gasteiger partial charge is 0.000955 e. The quantitative estimate of drug-likeness (QED) is 0.637. The van der Waals surface area contributed by atoms with Crippen LogP contribution in [0, 0.1) is 5.92 Å². The minimum atomic E-state index is 0. The second-order valence-corrected chi connectivity index (χ2v) is 3.69. The van der Waals surface area contributed by atoms with Crippen molar-refractivity contribution in [2.75, 3.05) is 19.6 Å². The summed E-state index contributed by atoms with van der Waals surface area (Å²) >= 11 is 0. The van der Waals surface area contributed by atoms with E-state index in [4.69, 9.17) is 0 Å². The molecule has 1 heterocycles. The summed E-state index contributed by atoms with van der Waals surface area (Å²) in [6, 6.07) is 0. The van der Waals surface area contributed by atoms with Crippen LogP contribution in [0.15, 0.2) is 0 Å². The monoisotopic (exact) mass is 175 g/mol. The second kappa shape index (κ2) is 6.41. The summed E-state index contributed by atoms with van der Waals surface area (Å²) < 4.78 is 0. The van der Waals surface area contributed by atoms with Crippen LogP contribution < -0.4 is 0 Å². The first kappa shape index (κ1) is 11.9. The number of halogens is 1. The Morgan fingerprint density at radius 3 is 2.67 bits per heavy atom. The van der Waals surface area contributed by atoms with Crippen molar-refractivity contribution in [1.82, 2.24) is 4.90 Å². The van der Waals surface area contributed by atoms with Gasteiger partial charge in [0.1, 0.15) is 0 Å². The van der Waals surface area contributed by atoms with Crippen molar-refractivity contribution in [1.29, 1.82) is 0 Å². The molecule has 0 spiro atoms. The molecule has 0 saturated carbocycles. The van der Waals surface area contributed by atoms with Crippen molar-refractivity contribution in [2.45, 2.75) is 39.5 Å². The lowest BCUT2D eigenvalue weighted by Gasteiger charge is -2.31. The Hall–Kier alpha value is -0.110. The van der Waals surface area contributed by atoms with Crippen LogP contribution in [-0.2, 0) is 0 Å². The second-order valence-electron chi connectivity index (χ2n) is 3.69. The first-order chi connectivity index (χ1) is 5.36. The Balaban J connectivity index is 0.00000121. The molecule has 74 valence electrons. The van der Waals surface area contributed by atoms with Crippen molar-refractivity contribution in [3.63, 3.8) is 0 Å². The summed E-state index contributed by atoms with van der Waals surface area (Å²) in [7, 11) is 0. The van der Waals surface area contributed by atoms with E-state index in [0.717, 1.165) is 5.92 Å². The maximum absolute atomic E-state index is 2.59. The molecule has 0 N–H and O–H groups in total. The molecule has 1 unspecified atom stereocenters. The molecule has 1 fully saturated rings. The molecular weight excluding hydrogens is 153 g/mol. The molecule has 0 bridgehead atoms. The van der Waals surface area contributed by atoms with Crippen LogP contribution in [-0.4, -0.2) is 24.5 Å². The summed E-state index contributed by atoms with van der Waals surface area (Å²) in [4.78, 5) is 2.59. The van der Waals surface area contributed by atoms with E-state index in [1.54, 1.807) is 0 Å². The van der Waals surface area contributed by atoms with E-state index < -0.39 is 0 Å². The molecule has 1 aliphatic rings. The summed E-state index contributed by atoms with van der Waals surface area (Å²) in [5.74, 6) is 1.01. The van der Waals surface area contributed by atoms with Gasteiger partial charge < -0.3 is 4.90 Å². The number of nitrogens with zero attached hydrogens (tertiary/aromatic N) is 1. The molecule has 1 saturated heterocycles. The summed E-state index contributed by atoms with van der Waals surface area (Å²) in [6.07, 6.45) is 5.71. The third-order valence-electron chi connectivity index (χ3n) is 2.75. The van der Waals surface area contributed by atoms with Crippen molar-refractivity contribution in [3.05, 3.63) is 0 Å². The van der Waals surface area contributed by atoms with Crippen LogP contribution in [0.25, 0.3) is 0 Å². The summed E-state index contributed by atoms with van der Waals surface area (Å²) in [6.45, 7) is 8.53. The Bertz CT molecular complexity index is 104. The molecule has 1 atom stereocenters. The normalized spacial score (nSPS) is 25.0. The van der Waals surface area contributed by atoms with Gasteiger partial charge in [0.05, 0.1) is 0 Å². The van der Waals surface area contributed by atoms with Gasteiger partial charge in [-0.1, -0.05) is 20.3 Å². The number of piperidine rings is 1. The zero-order chi connectivity index (χ0) is 8.10. The molecule has 1 rings (SSSR count). The van der Waals surface area contributed by atoms with E-state index in [2.05, 4.69) is 18.7 Å². The number of hydrogen-bond donors (Lipinski definition) is 0. The fraction of sp³-hybridized carbons (Fsp3) is 1.00. The van der Waals surface area contributed by atoms with Gasteiger partial charge in [-0.2, -0.15) is 0 Å². The van der Waals surface area contributed by atoms with E-state index >= 15 is 0 Å². The van der Waals surface area contributed by atoms with E-state index in [1.807, 2.05) is 0 Å². The third-order valence-corrected chi connectivity index (χ3v) is 2.75. The lowest BCUT2D eigenvalue weighted by molar-refractivity contribution is 0.175. The van der Waals surface area contributed by atoms with Crippen LogP contribution >= 0.6 is 0 Å². The minimum Gasteiger partial charge on any atom is -0.303 e. The van der Waals surface area contributed by atoms with Crippen LogP contribution in [0.3, 0.4) is 0 Å². The molecule has 0 amide bonds. The molecule has 0 aliphatic carbocycles. The van der Waals surface area contributed by atoms with E-state index in [0.29, 0.717) is 0 Å². The lowest BCUT2D eigenvalue weighted by Crippen LogP contribution is -2.34. The number of likely N-dealkylation sites (tertiary alicyclic amines) is 1. The van der Waals surface area contributed by atoms with Crippen LogP contribution in [0.5, 0.6) is 0 Å². The Kier molecular flexibility index (Phi) is 6.35. The Morgan fingerprint density at radius 1 is 1.33 bits per heavy atom. The van der Waals surface area contributed by atoms with E-state index in [-0.39, 0.29) is 4.70 Å². The summed E-state index contributed by atoms with van der Waals surface area (Å²) in [5, 5.41) is 0. The van der Waals surface area contributed by atoms with Gasteiger partial charge in [-0.05, 0) is 38.3 Å². The topological polar surface area (TPSA) is 3.24 Å². The predicted molar refractivity (Wildman–Crippen MR) is 52.2 cm³/mol. The standard InChI is InChI=1S/C10H21N.FH/c1-3-6-10-7-5-8-11(4-2)9-10;/h10H,3-9H2,1-2H3;1H. The fourth-order valence-electron chi connectivity index (χ4n) is 2.08. The fourth-order valence-corrected chi connectivity index (χ4v) is 2.08. The van der Waals surface area contributed by atoms with E-state index in [1.165, 1.54) is 45.3 Å². The van der Waals surface area contributed by atoms with Gasteiger partial charge >= 0.3 is 0 Å². The molecule has 0 radical (unpaired) electrons. The van der Waals surface area contributed by atoms with Gasteiger partial charge in [-0.25, -0.2) is 0 Å². The SMILES string of the molecule is CCCC1CCCN(CC)C1.F. The minimum absolute atomic E-state index is 0. The predicted octanol–water partition coefficient (Wildman–Crippen LogP) is 2.67. The molecule has 1 nitrogen and oxygen atoms in total. The van der Waals surface area contributed by atoms with Crippen LogP contribution in [0.1, 0.15) is 39.5 Å². The highest BCUT2D eigenvalue weighted by Gasteiger charge is 2.16. The van der Waals surface area contributed by atoms with Crippen molar-refractivity contribution < 1.29 is 4.70 Å². The molecule has 12 heavy (non-hydrogen) atoms. The lowest BCUT2D eigenvalue weighted by atomic mass is 9.94. The first-order valence-corrected chi connectivity index (χ1v) is 5.09. The average molecular weight is 175 g/mol. The van der Waals surface area contributed by atoms with Crippen LogP contribution in [0.2, 0.25) is 0 Å². The Morgan fingerprint density at radius 2 is 2.08 bits per heavy atom. The molecular formula is C10H22FN. The van der Waals surface area contributed by atoms with Gasteiger partial charge in [-0.15, -0.1) is 0 Å². The van der Waals surface area contributed by atoms with E-state index in [9.17, 15) is 0 Å². The average Bonchev–Trinajstić information content (AvgIpc) is 2.06. The molecule has 0 aromatic heterocycles. The van der Waals surface area contributed by atoms with Crippen LogP contribution in [0.4, 0.5) is 4.70 Å². The zero-order valence-corrected chi connectivity index (χ0v) is 8.38. The van der Waals surface area contributed by atoms with Gasteiger partial charge in [0.15, 0.2) is 0 Å². The molecule has 2 heteroatoms. The van der Waals surface area contributed by atoms with Crippen molar-refractivity contribution in [2.24, 2.45) is 5.92 Å². The first-order valence-electron chi connectivity index (χ1n) is 5.09. The van der Waals surface area contributed by atoms with Gasteiger partial charge in [0, 0.05) is 6.54 Å². The maximum Gasteiger partial charge on any atom is 0.000955 e. The highest BCUT2D eigenvalue weighted by Crippen LogP contribution is 2.20. The number of hydrogen-bond acceptors (Lipinski definition) is 1. The largest absolute Gasteiger partial charge is 0.303 e. The highest BCUT2D eigenvalue weighted by molar-refractivity contribution is 4.71. The molecule has 0 aromatic rings. The zero-order valence-electron chi connectivity index (χ0n) is 8.38. The third kappa shape index (κ3) is 3.53. The van der Waals surface area contributed by atoms with Gasteiger partial charge in [-0.3, -0.25) is 4.70 Å². The number of rotatable bonds is 3. The van der Waals surface area contributed by atoms with Gasteiger partial charge in [0.2, 0.25) is 0 Å².